The van der Waals surface area contributed by atoms with E-state index in [0.717, 1.165) is 22.5 Å². The molecule has 1 saturated carbocycles. The van der Waals surface area contributed by atoms with Gasteiger partial charge in [0.25, 0.3) is 0 Å². The molecule has 4 rings (SSSR count). The van der Waals surface area contributed by atoms with Crippen molar-refractivity contribution in [3.8, 4) is 11.3 Å². The lowest BCUT2D eigenvalue weighted by atomic mass is 10.1. The molecule has 21 heavy (non-hydrogen) atoms. The molecule has 0 unspecified atom stereocenters. The van der Waals surface area contributed by atoms with E-state index in [0.29, 0.717) is 17.4 Å². The summed E-state index contributed by atoms with van der Waals surface area (Å²) in [5, 5.41) is 3.51. The molecule has 0 bridgehead atoms. The minimum absolute atomic E-state index is 0.414. The van der Waals surface area contributed by atoms with Crippen molar-refractivity contribution < 1.29 is 0 Å². The summed E-state index contributed by atoms with van der Waals surface area (Å²) < 4.78 is 0. The number of nitrogens with one attached hydrogen (secondary N) is 1. The van der Waals surface area contributed by atoms with E-state index in [1.807, 2.05) is 36.4 Å². The number of fused-ring (bicyclic) bond motifs is 1. The predicted molar refractivity (Wildman–Crippen MR) is 83.8 cm³/mol. The van der Waals surface area contributed by atoms with Crippen LogP contribution in [0.15, 0.2) is 42.7 Å². The molecule has 5 nitrogen and oxygen atoms in total. The van der Waals surface area contributed by atoms with Gasteiger partial charge in [0.2, 0.25) is 0 Å². The Morgan fingerprint density at radius 2 is 1.86 bits per heavy atom. The number of pyridine rings is 1. The average molecular weight is 277 g/mol. The second-order valence-corrected chi connectivity index (χ2v) is 5.30. The fraction of sp³-hybridized carbons (Fsp3) is 0.188. The third kappa shape index (κ3) is 2.27. The standard InChI is InChI=1S/C16H15N5/c17-16-15-14(18-9-19-16)13(20-11-6-7-11)8-12(21-15)10-4-2-1-3-5-10/h1-5,8-9,11H,6-7H2,(H,20,21)(H2,17,18,19). The van der Waals surface area contributed by atoms with E-state index >= 15 is 0 Å². The van der Waals surface area contributed by atoms with Crippen molar-refractivity contribution in [3.63, 3.8) is 0 Å². The van der Waals surface area contributed by atoms with Crippen LogP contribution in [0.2, 0.25) is 0 Å². The Balaban J connectivity index is 1.93. The maximum absolute atomic E-state index is 5.98. The van der Waals surface area contributed by atoms with Crippen LogP contribution in [0.4, 0.5) is 11.5 Å². The normalized spacial score (nSPS) is 14.3. The molecule has 2 heterocycles. The number of rotatable bonds is 3. The summed E-state index contributed by atoms with van der Waals surface area (Å²) in [5.41, 5.74) is 10.3. The van der Waals surface area contributed by atoms with Crippen molar-refractivity contribution in [1.82, 2.24) is 15.0 Å². The molecule has 0 radical (unpaired) electrons. The zero-order valence-electron chi connectivity index (χ0n) is 11.5. The number of hydrogen-bond acceptors (Lipinski definition) is 5. The number of anilines is 2. The molecule has 2 aromatic heterocycles. The summed E-state index contributed by atoms with van der Waals surface area (Å²) in [4.78, 5) is 13.0. The van der Waals surface area contributed by atoms with Crippen LogP contribution in [0.3, 0.4) is 0 Å². The van der Waals surface area contributed by atoms with Crippen LogP contribution >= 0.6 is 0 Å². The topological polar surface area (TPSA) is 76.7 Å². The van der Waals surface area contributed by atoms with Crippen molar-refractivity contribution >= 4 is 22.5 Å². The highest BCUT2D eigenvalue weighted by Gasteiger charge is 2.23. The Kier molecular flexibility index (Phi) is 2.70. The van der Waals surface area contributed by atoms with Crippen LogP contribution < -0.4 is 11.1 Å². The Hall–Kier alpha value is -2.69. The van der Waals surface area contributed by atoms with Gasteiger partial charge in [-0.1, -0.05) is 30.3 Å². The fourth-order valence-electron chi connectivity index (χ4n) is 2.37. The van der Waals surface area contributed by atoms with Crippen LogP contribution in [0, 0.1) is 0 Å². The summed E-state index contributed by atoms with van der Waals surface area (Å²) in [5.74, 6) is 0.414. The summed E-state index contributed by atoms with van der Waals surface area (Å²) >= 11 is 0. The fourth-order valence-corrected chi connectivity index (χ4v) is 2.37. The van der Waals surface area contributed by atoms with E-state index < -0.39 is 0 Å². The quantitative estimate of drug-likeness (QED) is 0.769. The van der Waals surface area contributed by atoms with Crippen LogP contribution in [0.25, 0.3) is 22.3 Å². The number of nitrogen functional groups attached to an aromatic ring is 1. The zero-order chi connectivity index (χ0) is 14.2. The molecule has 0 atom stereocenters. The molecule has 1 aliphatic carbocycles. The summed E-state index contributed by atoms with van der Waals surface area (Å²) in [7, 11) is 0. The van der Waals surface area contributed by atoms with Crippen LogP contribution in [-0.4, -0.2) is 21.0 Å². The van der Waals surface area contributed by atoms with Crippen molar-refractivity contribution in [3.05, 3.63) is 42.7 Å². The molecule has 0 aliphatic heterocycles. The maximum atomic E-state index is 5.98. The minimum Gasteiger partial charge on any atom is -0.382 e. The highest BCUT2D eigenvalue weighted by molar-refractivity contribution is 5.95. The molecule has 0 saturated heterocycles. The van der Waals surface area contributed by atoms with Gasteiger partial charge in [0.05, 0.1) is 11.4 Å². The van der Waals surface area contributed by atoms with Crippen molar-refractivity contribution in [2.45, 2.75) is 18.9 Å². The van der Waals surface area contributed by atoms with Gasteiger partial charge in [-0.15, -0.1) is 0 Å². The number of nitrogens with two attached hydrogens (primary N) is 1. The van der Waals surface area contributed by atoms with E-state index in [1.54, 1.807) is 0 Å². The summed E-state index contributed by atoms with van der Waals surface area (Å²) in [6, 6.07) is 12.6. The van der Waals surface area contributed by atoms with Gasteiger partial charge >= 0.3 is 0 Å². The number of benzene rings is 1. The Morgan fingerprint density at radius 3 is 2.62 bits per heavy atom. The van der Waals surface area contributed by atoms with Gasteiger partial charge in [0, 0.05) is 11.6 Å². The van der Waals surface area contributed by atoms with Crippen LogP contribution in [-0.2, 0) is 0 Å². The van der Waals surface area contributed by atoms with Crippen molar-refractivity contribution in [2.75, 3.05) is 11.1 Å². The van der Waals surface area contributed by atoms with Gasteiger partial charge in [-0.3, -0.25) is 0 Å². The molecule has 3 aromatic rings. The van der Waals surface area contributed by atoms with Gasteiger partial charge in [0.1, 0.15) is 17.4 Å². The van der Waals surface area contributed by atoms with Gasteiger partial charge in [-0.2, -0.15) is 0 Å². The second kappa shape index (κ2) is 4.70. The molecule has 3 N–H and O–H groups in total. The SMILES string of the molecule is Nc1ncnc2c(NC3CC3)cc(-c3ccccc3)nc12. The maximum Gasteiger partial charge on any atom is 0.153 e. The third-order valence-corrected chi connectivity index (χ3v) is 3.63. The van der Waals surface area contributed by atoms with E-state index in [-0.39, 0.29) is 0 Å². The van der Waals surface area contributed by atoms with E-state index in [2.05, 4.69) is 20.3 Å². The smallest absolute Gasteiger partial charge is 0.153 e. The Morgan fingerprint density at radius 1 is 1.05 bits per heavy atom. The lowest BCUT2D eigenvalue weighted by Gasteiger charge is -2.11. The molecule has 104 valence electrons. The van der Waals surface area contributed by atoms with Crippen molar-refractivity contribution in [1.29, 1.82) is 0 Å². The monoisotopic (exact) mass is 277 g/mol. The van der Waals surface area contributed by atoms with Gasteiger partial charge < -0.3 is 11.1 Å². The molecule has 1 aromatic carbocycles. The predicted octanol–water partition coefficient (Wildman–Crippen LogP) is 2.85. The van der Waals surface area contributed by atoms with Gasteiger partial charge in [-0.25, -0.2) is 15.0 Å². The Labute approximate surface area is 122 Å². The number of nitrogens with zero attached hydrogens (tertiary/aromatic N) is 3. The van der Waals surface area contributed by atoms with E-state index in [4.69, 9.17) is 5.73 Å². The van der Waals surface area contributed by atoms with Gasteiger partial charge in [0.15, 0.2) is 5.82 Å². The van der Waals surface area contributed by atoms with E-state index in [1.165, 1.54) is 19.2 Å². The lowest BCUT2D eigenvalue weighted by molar-refractivity contribution is 1.14. The van der Waals surface area contributed by atoms with Crippen LogP contribution in [0.1, 0.15) is 12.8 Å². The first-order valence-electron chi connectivity index (χ1n) is 7.04. The minimum atomic E-state index is 0.414. The second-order valence-electron chi connectivity index (χ2n) is 5.30. The molecular weight excluding hydrogens is 262 g/mol. The largest absolute Gasteiger partial charge is 0.382 e. The third-order valence-electron chi connectivity index (χ3n) is 3.63. The number of hydrogen-bond donors (Lipinski definition) is 2. The number of aromatic nitrogens is 3. The van der Waals surface area contributed by atoms with Crippen LogP contribution in [0.5, 0.6) is 0 Å². The molecule has 1 fully saturated rings. The molecule has 0 amide bonds. The van der Waals surface area contributed by atoms with Crippen molar-refractivity contribution in [2.24, 2.45) is 0 Å². The first-order chi connectivity index (χ1) is 10.3. The molecule has 1 aliphatic rings. The highest BCUT2D eigenvalue weighted by Crippen LogP contribution is 2.32. The molecule has 5 heteroatoms. The summed E-state index contributed by atoms with van der Waals surface area (Å²) in [6.07, 6.45) is 3.88. The van der Waals surface area contributed by atoms with E-state index in [9.17, 15) is 0 Å². The first-order valence-corrected chi connectivity index (χ1v) is 7.04. The Bertz CT molecular complexity index is 796. The average Bonchev–Trinajstić information content (AvgIpc) is 3.33. The molecule has 0 spiro atoms. The first kappa shape index (κ1) is 12.1. The van der Waals surface area contributed by atoms with Gasteiger partial charge in [-0.05, 0) is 18.9 Å². The highest BCUT2D eigenvalue weighted by atomic mass is 15.0. The zero-order valence-corrected chi connectivity index (χ0v) is 11.5. The summed E-state index contributed by atoms with van der Waals surface area (Å²) in [6.45, 7) is 0. The molecular formula is C16H15N5. The lowest BCUT2D eigenvalue weighted by Crippen LogP contribution is -2.05.